The number of hydrogen-bond donors (Lipinski definition) is 0. The summed E-state index contributed by atoms with van der Waals surface area (Å²) in [5.41, 5.74) is -2.03. The average molecular weight is 471 g/mol. The number of hydrogen-bond acceptors (Lipinski definition) is 8. The minimum atomic E-state index is -4.85. The number of ether oxygens (including phenoxy) is 4. The second-order valence-electron chi connectivity index (χ2n) is 8.38. The first-order valence-corrected chi connectivity index (χ1v) is 9.99. The maximum absolute atomic E-state index is 13.7. The second kappa shape index (κ2) is 8.91. The third kappa shape index (κ3) is 5.55. The standard InChI is InChI=1S/C21H24F3N3O6/c1-20(2,3)33-19(29)27-10-12(9-15(27)18(28)31-5)32-17-16(21(22,23)24)25-13-7-6-11(30-4)8-14(13)26-17/h6-8,12,15H,9-10H2,1-5H3/t12-,15+/m1/s1. The zero-order valence-corrected chi connectivity index (χ0v) is 18.7. The number of halogens is 3. The lowest BCUT2D eigenvalue weighted by Gasteiger charge is -2.27. The highest BCUT2D eigenvalue weighted by Crippen LogP contribution is 2.37. The van der Waals surface area contributed by atoms with Crippen LogP contribution in [0.2, 0.25) is 0 Å². The fourth-order valence-electron chi connectivity index (χ4n) is 3.33. The lowest BCUT2D eigenvalue weighted by atomic mass is 10.2. The van der Waals surface area contributed by atoms with Crippen molar-refractivity contribution in [3.8, 4) is 11.6 Å². The van der Waals surface area contributed by atoms with E-state index in [1.807, 2.05) is 0 Å². The van der Waals surface area contributed by atoms with Crippen molar-refractivity contribution < 1.29 is 41.7 Å². The van der Waals surface area contributed by atoms with Crippen molar-refractivity contribution >= 4 is 23.1 Å². The third-order valence-corrected chi connectivity index (χ3v) is 4.75. The van der Waals surface area contributed by atoms with E-state index in [0.717, 1.165) is 12.0 Å². The number of carbonyl (C=O) groups excluding carboxylic acids is 2. The predicted octanol–water partition coefficient (Wildman–Crippen LogP) is 3.59. The predicted molar refractivity (Wildman–Crippen MR) is 109 cm³/mol. The minimum Gasteiger partial charge on any atom is -0.497 e. The van der Waals surface area contributed by atoms with Crippen molar-refractivity contribution in [3.63, 3.8) is 0 Å². The SMILES string of the molecule is COC(=O)[C@@H]1C[C@@H](Oc2nc3cc(OC)ccc3nc2C(F)(F)F)CN1C(=O)OC(C)(C)C. The summed E-state index contributed by atoms with van der Waals surface area (Å²) in [5.74, 6) is -1.12. The van der Waals surface area contributed by atoms with E-state index in [2.05, 4.69) is 9.97 Å². The first-order valence-electron chi connectivity index (χ1n) is 9.99. The highest BCUT2D eigenvalue weighted by molar-refractivity contribution is 5.82. The Labute approximate surface area is 187 Å². The third-order valence-electron chi connectivity index (χ3n) is 4.75. The van der Waals surface area contributed by atoms with Crippen molar-refractivity contribution in [2.24, 2.45) is 0 Å². The van der Waals surface area contributed by atoms with Crippen LogP contribution in [0, 0.1) is 0 Å². The quantitative estimate of drug-likeness (QED) is 0.624. The summed E-state index contributed by atoms with van der Waals surface area (Å²) >= 11 is 0. The second-order valence-corrected chi connectivity index (χ2v) is 8.38. The molecule has 33 heavy (non-hydrogen) atoms. The molecule has 0 N–H and O–H groups in total. The van der Waals surface area contributed by atoms with Gasteiger partial charge in [-0.2, -0.15) is 13.2 Å². The van der Waals surface area contributed by atoms with Crippen LogP contribution >= 0.6 is 0 Å². The van der Waals surface area contributed by atoms with Crippen LogP contribution in [0.3, 0.4) is 0 Å². The highest BCUT2D eigenvalue weighted by atomic mass is 19.4. The summed E-state index contributed by atoms with van der Waals surface area (Å²) in [4.78, 5) is 33.5. The zero-order chi connectivity index (χ0) is 24.6. The Bertz CT molecular complexity index is 1050. The number of alkyl halides is 3. The Morgan fingerprint density at radius 2 is 1.79 bits per heavy atom. The van der Waals surface area contributed by atoms with E-state index in [-0.39, 0.29) is 24.0 Å². The molecule has 0 spiro atoms. The smallest absolute Gasteiger partial charge is 0.438 e. The van der Waals surface area contributed by atoms with Crippen molar-refractivity contribution in [2.75, 3.05) is 20.8 Å². The van der Waals surface area contributed by atoms with Crippen LogP contribution in [0.5, 0.6) is 11.6 Å². The molecular weight excluding hydrogens is 447 g/mol. The van der Waals surface area contributed by atoms with Gasteiger partial charge in [-0.25, -0.2) is 19.6 Å². The van der Waals surface area contributed by atoms with E-state index in [4.69, 9.17) is 18.9 Å². The van der Waals surface area contributed by atoms with E-state index in [1.54, 1.807) is 20.8 Å². The molecule has 1 amide bonds. The minimum absolute atomic E-state index is 0.00437. The van der Waals surface area contributed by atoms with Gasteiger partial charge in [-0.3, -0.25) is 4.90 Å². The number of nitrogens with zero attached hydrogens (tertiary/aromatic N) is 3. The number of likely N-dealkylation sites (tertiary alicyclic amines) is 1. The van der Waals surface area contributed by atoms with Crippen LogP contribution in [0.15, 0.2) is 18.2 Å². The molecule has 1 aromatic heterocycles. The number of rotatable bonds is 4. The van der Waals surface area contributed by atoms with Crippen molar-refractivity contribution in [3.05, 3.63) is 23.9 Å². The van der Waals surface area contributed by atoms with Gasteiger partial charge in [-0.05, 0) is 32.9 Å². The Morgan fingerprint density at radius 1 is 1.09 bits per heavy atom. The van der Waals surface area contributed by atoms with Gasteiger partial charge in [-0.1, -0.05) is 0 Å². The molecule has 3 rings (SSSR count). The van der Waals surface area contributed by atoms with Gasteiger partial charge in [0.15, 0.2) is 0 Å². The molecule has 1 aromatic carbocycles. The number of esters is 1. The van der Waals surface area contributed by atoms with Gasteiger partial charge >= 0.3 is 18.2 Å². The number of aromatic nitrogens is 2. The molecule has 1 fully saturated rings. The van der Waals surface area contributed by atoms with E-state index in [9.17, 15) is 22.8 Å². The maximum Gasteiger partial charge on any atom is 0.438 e. The largest absolute Gasteiger partial charge is 0.497 e. The summed E-state index contributed by atoms with van der Waals surface area (Å²) in [5, 5.41) is 0. The monoisotopic (exact) mass is 471 g/mol. The molecular formula is C21H24F3N3O6. The van der Waals surface area contributed by atoms with Crippen LogP contribution in [-0.4, -0.2) is 65.4 Å². The topological polar surface area (TPSA) is 100 Å². The number of fused-ring (bicyclic) bond motifs is 1. The Morgan fingerprint density at radius 3 is 2.36 bits per heavy atom. The van der Waals surface area contributed by atoms with Gasteiger partial charge in [0.2, 0.25) is 11.6 Å². The van der Waals surface area contributed by atoms with Crippen LogP contribution in [0.1, 0.15) is 32.9 Å². The molecule has 2 atom stereocenters. The van der Waals surface area contributed by atoms with E-state index >= 15 is 0 Å². The van der Waals surface area contributed by atoms with Gasteiger partial charge < -0.3 is 18.9 Å². The Hall–Kier alpha value is -3.31. The molecule has 1 aliphatic rings. The van der Waals surface area contributed by atoms with Crippen molar-refractivity contribution in [1.82, 2.24) is 14.9 Å². The molecule has 180 valence electrons. The lowest BCUT2D eigenvalue weighted by Crippen LogP contribution is -2.44. The van der Waals surface area contributed by atoms with Gasteiger partial charge in [0.1, 0.15) is 23.5 Å². The number of methoxy groups -OCH3 is 2. The number of carbonyl (C=O) groups is 2. The summed E-state index contributed by atoms with van der Waals surface area (Å²) in [6, 6.07) is 3.16. The molecule has 1 aliphatic heterocycles. The maximum atomic E-state index is 13.7. The zero-order valence-electron chi connectivity index (χ0n) is 18.7. The first kappa shape index (κ1) is 24.3. The van der Waals surface area contributed by atoms with E-state index in [0.29, 0.717) is 5.75 Å². The molecule has 1 saturated heterocycles. The summed E-state index contributed by atoms with van der Waals surface area (Å²) < 4.78 is 61.7. The molecule has 9 nitrogen and oxygen atoms in total. The molecule has 12 heteroatoms. The molecule has 0 saturated carbocycles. The molecule has 2 heterocycles. The molecule has 0 radical (unpaired) electrons. The van der Waals surface area contributed by atoms with Crippen molar-refractivity contribution in [1.29, 1.82) is 0 Å². The van der Waals surface area contributed by atoms with Gasteiger partial charge in [0, 0.05) is 12.5 Å². The van der Waals surface area contributed by atoms with E-state index < -0.39 is 47.6 Å². The first-order chi connectivity index (χ1) is 15.3. The number of amides is 1. The molecule has 0 unspecified atom stereocenters. The van der Waals surface area contributed by atoms with Crippen LogP contribution in [0.4, 0.5) is 18.0 Å². The Kier molecular flexibility index (Phi) is 6.57. The molecule has 0 bridgehead atoms. The summed E-state index contributed by atoms with van der Waals surface area (Å²) in [7, 11) is 2.56. The van der Waals surface area contributed by atoms with Gasteiger partial charge in [0.05, 0.1) is 31.8 Å². The summed E-state index contributed by atoms with van der Waals surface area (Å²) in [6.07, 6.45) is -6.75. The van der Waals surface area contributed by atoms with Crippen LogP contribution in [0.25, 0.3) is 11.0 Å². The van der Waals surface area contributed by atoms with Gasteiger partial charge in [-0.15, -0.1) is 0 Å². The van der Waals surface area contributed by atoms with Crippen molar-refractivity contribution in [2.45, 2.75) is 51.1 Å². The molecule has 2 aromatic rings. The van der Waals surface area contributed by atoms with Crippen LogP contribution in [-0.2, 0) is 20.4 Å². The average Bonchev–Trinajstić information content (AvgIpc) is 3.14. The normalized spacial score (nSPS) is 18.8. The highest BCUT2D eigenvalue weighted by Gasteiger charge is 2.45. The van der Waals surface area contributed by atoms with Gasteiger partial charge in [0.25, 0.3) is 0 Å². The number of benzene rings is 1. The van der Waals surface area contributed by atoms with Crippen LogP contribution < -0.4 is 9.47 Å². The summed E-state index contributed by atoms with van der Waals surface area (Å²) in [6.45, 7) is 4.74. The Balaban J connectivity index is 1.94. The molecule has 0 aliphatic carbocycles. The fourth-order valence-corrected chi connectivity index (χ4v) is 3.33. The lowest BCUT2D eigenvalue weighted by molar-refractivity contribution is -0.146. The fraction of sp³-hybridized carbons (Fsp3) is 0.524. The van der Waals surface area contributed by atoms with E-state index in [1.165, 1.54) is 25.3 Å².